The standard InChI is InChI=1S/C16H21BrN2O/c1-3-16(2,8-10-20)19-11-12-6-7-14(17)13-5-4-9-18-15(12)13/h4-7,9,19-20H,3,8,10-11H2,1-2H3. The van der Waals surface area contributed by atoms with Crippen LogP contribution < -0.4 is 5.32 Å². The summed E-state index contributed by atoms with van der Waals surface area (Å²) in [6.45, 7) is 5.25. The summed E-state index contributed by atoms with van der Waals surface area (Å²) in [4.78, 5) is 4.50. The first-order chi connectivity index (χ1) is 9.59. The van der Waals surface area contributed by atoms with E-state index >= 15 is 0 Å². The number of aromatic nitrogens is 1. The molecule has 0 amide bonds. The molecule has 2 rings (SSSR count). The van der Waals surface area contributed by atoms with Crippen molar-refractivity contribution in [1.82, 2.24) is 10.3 Å². The topological polar surface area (TPSA) is 45.1 Å². The van der Waals surface area contributed by atoms with Crippen LogP contribution in [0.5, 0.6) is 0 Å². The molecule has 0 saturated carbocycles. The van der Waals surface area contributed by atoms with Crippen molar-refractivity contribution in [2.24, 2.45) is 0 Å². The van der Waals surface area contributed by atoms with E-state index in [2.05, 4.69) is 58.3 Å². The van der Waals surface area contributed by atoms with Crippen LogP contribution >= 0.6 is 15.9 Å². The summed E-state index contributed by atoms with van der Waals surface area (Å²) in [7, 11) is 0. The number of nitrogens with zero attached hydrogens (tertiary/aromatic N) is 1. The number of hydrogen-bond donors (Lipinski definition) is 2. The van der Waals surface area contributed by atoms with Gasteiger partial charge in [-0.3, -0.25) is 4.98 Å². The Morgan fingerprint density at radius 1 is 1.35 bits per heavy atom. The maximum atomic E-state index is 9.18. The van der Waals surface area contributed by atoms with Crippen LogP contribution in [0.25, 0.3) is 10.9 Å². The molecule has 0 saturated heterocycles. The molecule has 1 aromatic heterocycles. The highest BCUT2D eigenvalue weighted by molar-refractivity contribution is 9.10. The van der Waals surface area contributed by atoms with Gasteiger partial charge in [-0.2, -0.15) is 0 Å². The van der Waals surface area contributed by atoms with Crippen molar-refractivity contribution in [2.75, 3.05) is 6.61 Å². The smallest absolute Gasteiger partial charge is 0.0758 e. The Kier molecular flexibility index (Phi) is 5.13. The molecule has 1 atom stereocenters. The average Bonchev–Trinajstić information content (AvgIpc) is 2.47. The van der Waals surface area contributed by atoms with E-state index in [1.165, 1.54) is 5.56 Å². The molecule has 1 heterocycles. The SMILES string of the molecule is CCC(C)(CCO)NCc1ccc(Br)c2cccnc12. The quantitative estimate of drug-likeness (QED) is 0.846. The van der Waals surface area contributed by atoms with Crippen molar-refractivity contribution in [3.63, 3.8) is 0 Å². The Balaban J connectivity index is 2.24. The van der Waals surface area contributed by atoms with E-state index in [4.69, 9.17) is 0 Å². The molecule has 2 aromatic rings. The minimum absolute atomic E-state index is 0.0388. The number of halogens is 1. The molecule has 0 aliphatic carbocycles. The second-order valence-corrected chi connectivity index (χ2v) is 6.20. The molecule has 0 aliphatic heterocycles. The molecule has 3 nitrogen and oxygen atoms in total. The van der Waals surface area contributed by atoms with Crippen molar-refractivity contribution < 1.29 is 5.11 Å². The number of aliphatic hydroxyl groups is 1. The van der Waals surface area contributed by atoms with Gasteiger partial charge >= 0.3 is 0 Å². The van der Waals surface area contributed by atoms with Gasteiger partial charge in [0.15, 0.2) is 0 Å². The summed E-state index contributed by atoms with van der Waals surface area (Å²) in [5.41, 5.74) is 2.17. The molecule has 108 valence electrons. The van der Waals surface area contributed by atoms with Gasteiger partial charge in [-0.1, -0.05) is 35.0 Å². The van der Waals surface area contributed by atoms with E-state index in [0.29, 0.717) is 0 Å². The van der Waals surface area contributed by atoms with Gasteiger partial charge in [0.05, 0.1) is 5.52 Å². The van der Waals surface area contributed by atoms with E-state index in [0.717, 1.165) is 34.8 Å². The summed E-state index contributed by atoms with van der Waals surface area (Å²) < 4.78 is 1.07. The Labute approximate surface area is 128 Å². The van der Waals surface area contributed by atoms with Crippen LogP contribution in [0.1, 0.15) is 32.3 Å². The molecule has 2 N–H and O–H groups in total. The maximum Gasteiger partial charge on any atom is 0.0758 e. The minimum Gasteiger partial charge on any atom is -0.396 e. The third kappa shape index (κ3) is 3.37. The number of pyridine rings is 1. The largest absolute Gasteiger partial charge is 0.396 e. The summed E-state index contributed by atoms with van der Waals surface area (Å²) >= 11 is 3.57. The molecular formula is C16H21BrN2O. The van der Waals surface area contributed by atoms with Crippen molar-refractivity contribution in [1.29, 1.82) is 0 Å². The van der Waals surface area contributed by atoms with Crippen LogP contribution in [-0.4, -0.2) is 22.2 Å². The monoisotopic (exact) mass is 336 g/mol. The lowest BCUT2D eigenvalue weighted by Crippen LogP contribution is -2.42. The Morgan fingerprint density at radius 3 is 2.85 bits per heavy atom. The van der Waals surface area contributed by atoms with Crippen LogP contribution in [0.2, 0.25) is 0 Å². The summed E-state index contributed by atoms with van der Waals surface area (Å²) in [5, 5.41) is 13.9. The van der Waals surface area contributed by atoms with Gasteiger partial charge < -0.3 is 10.4 Å². The molecule has 0 radical (unpaired) electrons. The van der Waals surface area contributed by atoms with E-state index in [1.54, 1.807) is 0 Å². The van der Waals surface area contributed by atoms with Gasteiger partial charge in [0.1, 0.15) is 0 Å². The highest BCUT2D eigenvalue weighted by atomic mass is 79.9. The Hall–Kier alpha value is -0.970. The van der Waals surface area contributed by atoms with Crippen LogP contribution in [0, 0.1) is 0 Å². The molecule has 20 heavy (non-hydrogen) atoms. The first kappa shape index (κ1) is 15.4. The fraction of sp³-hybridized carbons (Fsp3) is 0.438. The highest BCUT2D eigenvalue weighted by Gasteiger charge is 2.20. The summed E-state index contributed by atoms with van der Waals surface area (Å²) in [6, 6.07) is 8.19. The van der Waals surface area contributed by atoms with E-state index in [1.807, 2.05) is 12.3 Å². The second-order valence-electron chi connectivity index (χ2n) is 5.35. The summed E-state index contributed by atoms with van der Waals surface area (Å²) in [6.07, 6.45) is 3.56. The van der Waals surface area contributed by atoms with Crippen molar-refractivity contribution >= 4 is 26.8 Å². The van der Waals surface area contributed by atoms with Crippen molar-refractivity contribution in [3.8, 4) is 0 Å². The van der Waals surface area contributed by atoms with E-state index in [9.17, 15) is 5.11 Å². The van der Waals surface area contributed by atoms with E-state index in [-0.39, 0.29) is 12.1 Å². The third-order valence-electron chi connectivity index (χ3n) is 3.95. The molecule has 0 bridgehead atoms. The highest BCUT2D eigenvalue weighted by Crippen LogP contribution is 2.26. The summed E-state index contributed by atoms with van der Waals surface area (Å²) in [5.74, 6) is 0. The Morgan fingerprint density at radius 2 is 2.15 bits per heavy atom. The lowest BCUT2D eigenvalue weighted by Gasteiger charge is -2.29. The van der Waals surface area contributed by atoms with Gasteiger partial charge in [0, 0.05) is 34.7 Å². The molecular weight excluding hydrogens is 316 g/mol. The number of nitrogens with one attached hydrogen (secondary N) is 1. The van der Waals surface area contributed by atoms with Gasteiger partial charge in [0.2, 0.25) is 0 Å². The zero-order chi connectivity index (χ0) is 14.6. The van der Waals surface area contributed by atoms with Crippen LogP contribution in [0.3, 0.4) is 0 Å². The fourth-order valence-electron chi connectivity index (χ4n) is 2.28. The number of hydrogen-bond acceptors (Lipinski definition) is 3. The molecule has 0 spiro atoms. The lowest BCUT2D eigenvalue weighted by molar-refractivity contribution is 0.214. The third-order valence-corrected chi connectivity index (χ3v) is 4.64. The van der Waals surface area contributed by atoms with Crippen molar-refractivity contribution in [3.05, 3.63) is 40.5 Å². The molecule has 1 unspecified atom stereocenters. The number of fused-ring (bicyclic) bond motifs is 1. The molecule has 4 heteroatoms. The first-order valence-electron chi connectivity index (χ1n) is 6.97. The first-order valence-corrected chi connectivity index (χ1v) is 7.77. The fourth-order valence-corrected chi connectivity index (χ4v) is 2.74. The minimum atomic E-state index is -0.0388. The predicted octanol–water partition coefficient (Wildman–Crippen LogP) is 3.64. The van der Waals surface area contributed by atoms with E-state index < -0.39 is 0 Å². The second kappa shape index (κ2) is 6.66. The average molecular weight is 337 g/mol. The van der Waals surface area contributed by atoms with Crippen LogP contribution in [0.15, 0.2) is 34.9 Å². The normalized spacial score (nSPS) is 14.4. The zero-order valence-corrected chi connectivity index (χ0v) is 13.6. The molecule has 0 fully saturated rings. The van der Waals surface area contributed by atoms with Crippen molar-refractivity contribution in [2.45, 2.75) is 38.8 Å². The lowest BCUT2D eigenvalue weighted by atomic mass is 9.94. The van der Waals surface area contributed by atoms with Gasteiger partial charge in [-0.15, -0.1) is 0 Å². The van der Waals surface area contributed by atoms with Gasteiger partial charge in [-0.05, 0) is 37.5 Å². The maximum absolute atomic E-state index is 9.18. The Bertz CT molecular complexity index is 588. The molecule has 1 aromatic carbocycles. The predicted molar refractivity (Wildman–Crippen MR) is 86.7 cm³/mol. The zero-order valence-electron chi connectivity index (χ0n) is 12.0. The van der Waals surface area contributed by atoms with Crippen LogP contribution in [-0.2, 0) is 6.54 Å². The molecule has 0 aliphatic rings. The van der Waals surface area contributed by atoms with Crippen LogP contribution in [0.4, 0.5) is 0 Å². The number of benzene rings is 1. The van der Waals surface area contributed by atoms with Gasteiger partial charge in [-0.25, -0.2) is 0 Å². The van der Waals surface area contributed by atoms with Gasteiger partial charge in [0.25, 0.3) is 0 Å². The number of rotatable bonds is 6. The number of aliphatic hydroxyl groups excluding tert-OH is 1.